The van der Waals surface area contributed by atoms with E-state index < -0.39 is 6.04 Å². The van der Waals surface area contributed by atoms with E-state index in [1.807, 2.05) is 25.1 Å². The third-order valence-corrected chi connectivity index (χ3v) is 6.64. The highest BCUT2D eigenvalue weighted by Crippen LogP contribution is 2.27. The van der Waals surface area contributed by atoms with E-state index in [1.54, 1.807) is 21.2 Å². The van der Waals surface area contributed by atoms with E-state index in [1.165, 1.54) is 17.7 Å². The maximum atomic E-state index is 13.3. The number of hydrogen-bond donors (Lipinski definition) is 1. The predicted molar refractivity (Wildman–Crippen MR) is 125 cm³/mol. The van der Waals surface area contributed by atoms with Gasteiger partial charge in [0, 0.05) is 36.5 Å². The molecule has 0 bridgehead atoms. The Morgan fingerprint density at radius 3 is 2.91 bits per heavy atom. The Hall–Kier alpha value is -2.91. The molecule has 0 unspecified atom stereocenters. The Morgan fingerprint density at radius 2 is 2.16 bits per heavy atom. The van der Waals surface area contributed by atoms with E-state index in [0.717, 1.165) is 22.9 Å². The Kier molecular flexibility index (Phi) is 6.76. The number of carbonyl (C=O) groups is 2. The number of fused-ring (bicyclic) bond motifs is 1. The van der Waals surface area contributed by atoms with E-state index in [0.29, 0.717) is 42.0 Å². The first kappa shape index (κ1) is 22.3. The molecular weight excluding hydrogens is 450 g/mol. The normalized spacial score (nSPS) is 16.6. The van der Waals surface area contributed by atoms with Crippen molar-refractivity contribution in [3.8, 4) is 5.06 Å². The van der Waals surface area contributed by atoms with Crippen molar-refractivity contribution in [3.63, 3.8) is 0 Å². The lowest BCUT2D eigenvalue weighted by Crippen LogP contribution is -2.59. The summed E-state index contributed by atoms with van der Waals surface area (Å²) >= 11 is 7.24. The van der Waals surface area contributed by atoms with Gasteiger partial charge in [0.2, 0.25) is 5.91 Å². The molecule has 2 aromatic heterocycles. The lowest BCUT2D eigenvalue weighted by molar-refractivity contribution is -0.153. The number of nitrogen functional groups attached to an aromatic ring is 1. The summed E-state index contributed by atoms with van der Waals surface area (Å²) in [7, 11) is 0. The number of nitrogens with two attached hydrogens (primary N) is 1. The van der Waals surface area contributed by atoms with Gasteiger partial charge in [-0.05, 0) is 24.1 Å². The molecule has 0 spiro atoms. The van der Waals surface area contributed by atoms with Crippen LogP contribution in [0.5, 0.6) is 5.06 Å². The number of nitrogens with zero attached hydrogens (tertiary/aromatic N) is 4. The number of rotatable bonds is 7. The fraction of sp³-hybridized carbons (Fsp3) is 0.364. The van der Waals surface area contributed by atoms with Crippen molar-refractivity contribution in [1.82, 2.24) is 19.8 Å². The van der Waals surface area contributed by atoms with E-state index in [2.05, 4.69) is 9.97 Å². The standard InChI is InChI=1S/C22H24ClN5O3S/c1-2-3-18-22(30)27(10-14-4-5-16-17(8-14)25-13-26-21(16)24)6-7-28(18)19(29)11-31-20-9-15(23)12-32-20/h4-5,8-9,12-13,18H,2-3,6-7,10-11H2,1H3,(H2,24,25,26)/t18-/m0/s1. The van der Waals surface area contributed by atoms with Gasteiger partial charge in [0.05, 0.1) is 10.5 Å². The van der Waals surface area contributed by atoms with E-state index in [4.69, 9.17) is 22.1 Å². The van der Waals surface area contributed by atoms with Gasteiger partial charge in [-0.1, -0.05) is 31.0 Å². The summed E-state index contributed by atoms with van der Waals surface area (Å²) in [6, 6.07) is 6.92. The molecule has 0 aliphatic carbocycles. The van der Waals surface area contributed by atoms with E-state index in [9.17, 15) is 9.59 Å². The zero-order valence-electron chi connectivity index (χ0n) is 17.7. The smallest absolute Gasteiger partial charge is 0.261 e. The molecule has 1 atom stereocenters. The molecule has 32 heavy (non-hydrogen) atoms. The largest absolute Gasteiger partial charge is 0.474 e. The SMILES string of the molecule is CCC[C@H]1C(=O)N(Cc2ccc3c(N)ncnc3c2)CCN1C(=O)COc1cc(Cl)cs1. The second-order valence-corrected chi connectivity index (χ2v) is 8.94. The van der Waals surface area contributed by atoms with Gasteiger partial charge in [-0.3, -0.25) is 9.59 Å². The van der Waals surface area contributed by atoms with Gasteiger partial charge in [0.15, 0.2) is 11.7 Å². The molecule has 0 saturated carbocycles. The minimum absolute atomic E-state index is 0.0482. The fourth-order valence-corrected chi connectivity index (χ4v) is 4.79. The molecule has 3 aromatic rings. The lowest BCUT2D eigenvalue weighted by Gasteiger charge is -2.40. The molecule has 1 aromatic carbocycles. The molecule has 8 nitrogen and oxygen atoms in total. The van der Waals surface area contributed by atoms with Crippen LogP contribution in [-0.2, 0) is 16.1 Å². The zero-order chi connectivity index (χ0) is 22.7. The van der Waals surface area contributed by atoms with Gasteiger partial charge in [-0.25, -0.2) is 9.97 Å². The Morgan fingerprint density at radius 1 is 1.31 bits per heavy atom. The van der Waals surface area contributed by atoms with Crippen LogP contribution < -0.4 is 10.5 Å². The number of ether oxygens (including phenoxy) is 1. The third-order valence-electron chi connectivity index (χ3n) is 5.45. The van der Waals surface area contributed by atoms with Gasteiger partial charge in [0.25, 0.3) is 5.91 Å². The Bertz CT molecular complexity index is 1140. The lowest BCUT2D eigenvalue weighted by atomic mass is 10.0. The van der Waals surface area contributed by atoms with Gasteiger partial charge < -0.3 is 20.3 Å². The van der Waals surface area contributed by atoms with E-state index in [-0.39, 0.29) is 18.4 Å². The van der Waals surface area contributed by atoms with Crippen LogP contribution in [-0.4, -0.2) is 57.3 Å². The van der Waals surface area contributed by atoms with Crippen molar-refractivity contribution in [3.05, 3.63) is 46.6 Å². The summed E-state index contributed by atoms with van der Waals surface area (Å²) in [5.74, 6) is 0.187. The van der Waals surface area contributed by atoms with Crippen LogP contribution in [0.4, 0.5) is 5.82 Å². The molecule has 3 heterocycles. The van der Waals surface area contributed by atoms with Gasteiger partial charge >= 0.3 is 0 Å². The molecule has 2 amide bonds. The fourth-order valence-electron chi connectivity index (χ4n) is 3.88. The van der Waals surface area contributed by atoms with Crippen LogP contribution in [0.15, 0.2) is 36.0 Å². The summed E-state index contributed by atoms with van der Waals surface area (Å²) < 4.78 is 5.57. The molecule has 168 valence electrons. The highest BCUT2D eigenvalue weighted by Gasteiger charge is 2.36. The molecule has 4 rings (SSSR count). The molecule has 1 aliphatic heterocycles. The zero-order valence-corrected chi connectivity index (χ0v) is 19.2. The predicted octanol–water partition coefficient (Wildman–Crippen LogP) is 3.35. The number of benzene rings is 1. The maximum absolute atomic E-state index is 13.3. The summed E-state index contributed by atoms with van der Waals surface area (Å²) in [5.41, 5.74) is 7.60. The second-order valence-electron chi connectivity index (χ2n) is 7.63. The number of thiophene rings is 1. The summed E-state index contributed by atoms with van der Waals surface area (Å²) in [5, 5.41) is 3.69. The van der Waals surface area contributed by atoms with Crippen molar-refractivity contribution in [1.29, 1.82) is 0 Å². The third kappa shape index (κ3) is 4.78. The van der Waals surface area contributed by atoms with Crippen molar-refractivity contribution in [2.75, 3.05) is 25.4 Å². The Balaban J connectivity index is 1.44. The quantitative estimate of drug-likeness (QED) is 0.564. The number of amides is 2. The molecule has 1 saturated heterocycles. The molecular formula is C22H24ClN5O3S. The topological polar surface area (TPSA) is 102 Å². The summed E-state index contributed by atoms with van der Waals surface area (Å²) in [6.07, 6.45) is 2.83. The number of carbonyl (C=O) groups excluding carboxylic acids is 2. The van der Waals surface area contributed by atoms with Crippen LogP contribution >= 0.6 is 22.9 Å². The van der Waals surface area contributed by atoms with Gasteiger partial charge in [0.1, 0.15) is 18.2 Å². The minimum atomic E-state index is -0.491. The van der Waals surface area contributed by atoms with Crippen molar-refractivity contribution < 1.29 is 14.3 Å². The van der Waals surface area contributed by atoms with Gasteiger partial charge in [-0.2, -0.15) is 0 Å². The number of aromatic nitrogens is 2. The van der Waals surface area contributed by atoms with Crippen LogP contribution in [0, 0.1) is 0 Å². The maximum Gasteiger partial charge on any atom is 0.261 e. The highest BCUT2D eigenvalue weighted by atomic mass is 35.5. The van der Waals surface area contributed by atoms with Crippen LogP contribution in [0.1, 0.15) is 25.3 Å². The van der Waals surface area contributed by atoms with Crippen molar-refractivity contribution in [2.24, 2.45) is 0 Å². The number of anilines is 1. The first-order valence-electron chi connectivity index (χ1n) is 10.4. The van der Waals surface area contributed by atoms with Crippen LogP contribution in [0.2, 0.25) is 5.02 Å². The van der Waals surface area contributed by atoms with Crippen molar-refractivity contribution in [2.45, 2.75) is 32.4 Å². The number of hydrogen-bond acceptors (Lipinski definition) is 7. The number of piperazine rings is 1. The molecule has 1 fully saturated rings. The molecule has 1 aliphatic rings. The first-order chi connectivity index (χ1) is 15.5. The first-order valence-corrected chi connectivity index (χ1v) is 11.7. The molecule has 2 N–H and O–H groups in total. The Labute approximate surface area is 194 Å². The second kappa shape index (κ2) is 9.70. The van der Waals surface area contributed by atoms with Crippen LogP contribution in [0.3, 0.4) is 0 Å². The minimum Gasteiger partial charge on any atom is -0.474 e. The average Bonchev–Trinajstić information content (AvgIpc) is 3.20. The van der Waals surface area contributed by atoms with E-state index >= 15 is 0 Å². The summed E-state index contributed by atoms with van der Waals surface area (Å²) in [4.78, 5) is 37.8. The molecule has 10 heteroatoms. The van der Waals surface area contributed by atoms with Crippen molar-refractivity contribution >= 4 is 51.5 Å². The number of halogens is 1. The highest BCUT2D eigenvalue weighted by molar-refractivity contribution is 7.12. The monoisotopic (exact) mass is 473 g/mol. The average molecular weight is 474 g/mol. The molecule has 0 radical (unpaired) electrons. The summed E-state index contributed by atoms with van der Waals surface area (Å²) in [6.45, 7) is 3.26. The van der Waals surface area contributed by atoms with Crippen LogP contribution in [0.25, 0.3) is 10.9 Å². The van der Waals surface area contributed by atoms with Gasteiger partial charge in [-0.15, -0.1) is 11.3 Å².